The Morgan fingerprint density at radius 3 is 2.88 bits per heavy atom. The summed E-state index contributed by atoms with van der Waals surface area (Å²) < 4.78 is 22.9. The summed E-state index contributed by atoms with van der Waals surface area (Å²) in [5.74, 6) is 0.00218. The van der Waals surface area contributed by atoms with E-state index in [0.29, 0.717) is 34.0 Å². The van der Waals surface area contributed by atoms with Crippen LogP contribution in [0.2, 0.25) is 0 Å². The third-order valence-electron chi connectivity index (χ3n) is 5.39. The van der Waals surface area contributed by atoms with Crippen molar-refractivity contribution < 1.29 is 9.13 Å². The van der Waals surface area contributed by atoms with E-state index in [4.69, 9.17) is 10.5 Å². The van der Waals surface area contributed by atoms with Crippen molar-refractivity contribution in [3.63, 3.8) is 0 Å². The van der Waals surface area contributed by atoms with Gasteiger partial charge in [0.1, 0.15) is 41.5 Å². The normalized spacial score (nSPS) is 14.5. The summed E-state index contributed by atoms with van der Waals surface area (Å²) in [7, 11) is 1.62. The Hall–Kier alpha value is -4.66. The van der Waals surface area contributed by atoms with Gasteiger partial charge in [-0.1, -0.05) is 0 Å². The molecule has 4 aromatic rings. The lowest BCUT2D eigenvalue weighted by Gasteiger charge is -2.21. The highest BCUT2D eigenvalue weighted by Gasteiger charge is 2.26. The Bertz CT molecular complexity index is 1520. The fraction of sp³-hybridized carbons (Fsp3) is 0.190. The molecule has 0 fully saturated rings. The number of fused-ring (bicyclic) bond motifs is 7. The summed E-state index contributed by atoms with van der Waals surface area (Å²) in [4.78, 5) is 20.9. The van der Waals surface area contributed by atoms with E-state index in [1.54, 1.807) is 20.0 Å². The minimum absolute atomic E-state index is 0.0189. The molecular weight excluding hydrogens is 429 g/mol. The van der Waals surface area contributed by atoms with Gasteiger partial charge in [-0.15, -0.1) is 10.2 Å². The average molecular weight is 445 g/mol. The van der Waals surface area contributed by atoms with Gasteiger partial charge in [0.25, 0.3) is 0 Å². The van der Waals surface area contributed by atoms with Crippen LogP contribution in [-0.4, -0.2) is 34.5 Å². The molecule has 0 saturated heterocycles. The Kier molecular flexibility index (Phi) is 4.59. The number of hydrogen-bond acceptors (Lipinski definition) is 9. The third kappa shape index (κ3) is 3.26. The molecule has 1 aliphatic rings. The fourth-order valence-electron chi connectivity index (χ4n) is 3.90. The van der Waals surface area contributed by atoms with Gasteiger partial charge in [0, 0.05) is 18.7 Å². The summed E-state index contributed by atoms with van der Waals surface area (Å²) >= 11 is 0. The Morgan fingerprint density at radius 1 is 1.27 bits per heavy atom. The molecule has 1 aliphatic heterocycles. The van der Waals surface area contributed by atoms with E-state index in [-0.39, 0.29) is 23.7 Å². The second kappa shape index (κ2) is 7.49. The van der Waals surface area contributed by atoms with Crippen LogP contribution < -0.4 is 16.2 Å². The molecule has 0 aliphatic carbocycles. The molecule has 2 bridgehead atoms. The van der Waals surface area contributed by atoms with Gasteiger partial charge in [-0.3, -0.25) is 4.68 Å². The number of nitrogen functional groups attached to an aromatic ring is 1. The Morgan fingerprint density at radius 2 is 2.09 bits per heavy atom. The molecule has 33 heavy (non-hydrogen) atoms. The minimum Gasteiger partial charge on any atom is -0.482 e. The molecule has 1 atom stereocenters. The summed E-state index contributed by atoms with van der Waals surface area (Å²) in [6.45, 7) is 1.69. The van der Waals surface area contributed by atoms with E-state index < -0.39 is 17.6 Å². The van der Waals surface area contributed by atoms with E-state index >= 15 is 0 Å². The van der Waals surface area contributed by atoms with Crippen molar-refractivity contribution in [2.75, 3.05) is 5.73 Å². The largest absolute Gasteiger partial charge is 0.482 e. The zero-order chi connectivity index (χ0) is 23.3. The number of benzene rings is 1. The van der Waals surface area contributed by atoms with Crippen LogP contribution in [0.25, 0.3) is 16.9 Å². The van der Waals surface area contributed by atoms with Crippen molar-refractivity contribution in [1.82, 2.24) is 34.5 Å². The number of nitriles is 1. The molecule has 1 aromatic carbocycles. The molecule has 0 saturated carbocycles. The number of nitrogens with zero attached hydrogens (tertiary/aromatic N) is 8. The van der Waals surface area contributed by atoms with Gasteiger partial charge in [-0.05, 0) is 25.1 Å². The molecule has 0 spiro atoms. The van der Waals surface area contributed by atoms with E-state index in [0.717, 1.165) is 6.33 Å². The second-order valence-electron chi connectivity index (χ2n) is 7.43. The first-order chi connectivity index (χ1) is 15.9. The number of nitrogens with two attached hydrogens (primary N) is 1. The molecule has 4 heterocycles. The van der Waals surface area contributed by atoms with Gasteiger partial charge in [-0.2, -0.15) is 15.3 Å². The van der Waals surface area contributed by atoms with E-state index in [2.05, 4.69) is 31.3 Å². The minimum atomic E-state index is -0.738. The number of hydrogen-bond donors (Lipinski definition) is 1. The highest BCUT2D eigenvalue weighted by atomic mass is 19.1. The first-order valence-corrected chi connectivity index (χ1v) is 9.86. The van der Waals surface area contributed by atoms with Gasteiger partial charge in [0.15, 0.2) is 11.6 Å². The van der Waals surface area contributed by atoms with Crippen LogP contribution in [0.3, 0.4) is 0 Å². The third-order valence-corrected chi connectivity index (χ3v) is 5.39. The molecular formula is C21H16FN9O2. The standard InChI is InChI=1S/C21H16FN9O2/c1-10-12-5-11(22)3-4-15(12)31-18(25-9-26-21(31)32)7-14-19(16(8-23)30(2)29-14)13-6-17(33-10)20(24)28-27-13/h3-6,9-10H,7H2,1-2H3,(H2,24,28)/t10-/m1/s1. The maximum absolute atomic E-state index is 14.2. The van der Waals surface area contributed by atoms with Crippen molar-refractivity contribution in [2.45, 2.75) is 19.4 Å². The zero-order valence-electron chi connectivity index (χ0n) is 17.5. The first-order valence-electron chi connectivity index (χ1n) is 9.86. The van der Waals surface area contributed by atoms with Crippen molar-refractivity contribution in [3.8, 4) is 28.8 Å². The summed E-state index contributed by atoms with van der Waals surface area (Å²) in [6.07, 6.45) is 0.479. The van der Waals surface area contributed by atoms with E-state index in [9.17, 15) is 14.4 Å². The molecule has 12 heteroatoms. The predicted molar refractivity (Wildman–Crippen MR) is 113 cm³/mol. The second-order valence-corrected chi connectivity index (χ2v) is 7.43. The maximum Gasteiger partial charge on any atom is 0.355 e. The summed E-state index contributed by atoms with van der Waals surface area (Å²) in [5, 5.41) is 22.3. The molecule has 0 amide bonds. The maximum atomic E-state index is 14.2. The van der Waals surface area contributed by atoms with Crippen LogP contribution in [0.1, 0.15) is 35.8 Å². The van der Waals surface area contributed by atoms with E-state index in [1.165, 1.54) is 27.4 Å². The van der Waals surface area contributed by atoms with Gasteiger partial charge in [-0.25, -0.2) is 18.7 Å². The summed E-state index contributed by atoms with van der Waals surface area (Å²) in [5.41, 5.74) is 7.52. The van der Waals surface area contributed by atoms with Crippen LogP contribution in [0.4, 0.5) is 10.2 Å². The number of halogens is 1. The van der Waals surface area contributed by atoms with Gasteiger partial charge in [0.2, 0.25) is 0 Å². The molecule has 5 rings (SSSR count). The van der Waals surface area contributed by atoms with Crippen molar-refractivity contribution in [2.24, 2.45) is 7.05 Å². The Balaban J connectivity index is 1.88. The predicted octanol–water partition coefficient (Wildman–Crippen LogP) is 1.46. The van der Waals surface area contributed by atoms with Crippen LogP contribution in [0.15, 0.2) is 35.4 Å². The van der Waals surface area contributed by atoms with Crippen molar-refractivity contribution >= 4 is 5.82 Å². The highest BCUT2D eigenvalue weighted by molar-refractivity contribution is 5.71. The number of anilines is 1. The van der Waals surface area contributed by atoms with Gasteiger partial charge >= 0.3 is 5.69 Å². The van der Waals surface area contributed by atoms with Crippen molar-refractivity contribution in [3.05, 3.63) is 69.7 Å². The summed E-state index contributed by atoms with van der Waals surface area (Å²) in [6, 6.07) is 7.66. The molecule has 11 nitrogen and oxygen atoms in total. The SMILES string of the molecule is C[C@H]1Oc2cc(nnc2N)-c2c(nn(C)c2C#N)Cc2ncnc(=O)n2-c2ccc(F)cc21. The molecule has 3 aromatic heterocycles. The van der Waals surface area contributed by atoms with Crippen molar-refractivity contribution in [1.29, 1.82) is 5.26 Å². The molecule has 0 unspecified atom stereocenters. The average Bonchev–Trinajstić information content (AvgIpc) is 3.09. The number of rotatable bonds is 0. The van der Waals surface area contributed by atoms with Crippen LogP contribution in [0.5, 0.6) is 5.75 Å². The Labute approximate surface area is 185 Å². The number of ether oxygens (including phenoxy) is 1. The fourth-order valence-corrected chi connectivity index (χ4v) is 3.90. The van der Waals surface area contributed by atoms with E-state index in [1.807, 2.05) is 0 Å². The lowest BCUT2D eigenvalue weighted by molar-refractivity contribution is 0.226. The zero-order valence-corrected chi connectivity index (χ0v) is 17.5. The molecule has 164 valence electrons. The lowest BCUT2D eigenvalue weighted by Crippen LogP contribution is -2.27. The number of aromatic nitrogens is 7. The van der Waals surface area contributed by atoms with Gasteiger partial charge < -0.3 is 10.5 Å². The lowest BCUT2D eigenvalue weighted by atomic mass is 10.0. The smallest absolute Gasteiger partial charge is 0.355 e. The van der Waals surface area contributed by atoms with Crippen LogP contribution in [0, 0.1) is 17.1 Å². The highest BCUT2D eigenvalue weighted by Crippen LogP contribution is 2.35. The number of aryl methyl sites for hydroxylation is 1. The molecule has 0 radical (unpaired) electrons. The molecule has 2 N–H and O–H groups in total. The van der Waals surface area contributed by atoms with Gasteiger partial charge in [0.05, 0.1) is 23.4 Å². The monoisotopic (exact) mass is 445 g/mol. The van der Waals surface area contributed by atoms with Crippen LogP contribution >= 0.6 is 0 Å². The van der Waals surface area contributed by atoms with Crippen LogP contribution in [-0.2, 0) is 13.5 Å². The quantitative estimate of drug-likeness (QED) is 0.424. The first kappa shape index (κ1) is 20.3. The topological polar surface area (TPSA) is 150 Å².